The molecule has 0 bridgehead atoms. The van der Waals surface area contributed by atoms with Crippen molar-refractivity contribution in [1.29, 1.82) is 0 Å². The molecule has 2 aliphatic rings. The van der Waals surface area contributed by atoms with E-state index in [1.54, 1.807) is 0 Å². The Labute approximate surface area is 190 Å². The van der Waals surface area contributed by atoms with Crippen molar-refractivity contribution in [1.82, 2.24) is 14.7 Å². The van der Waals surface area contributed by atoms with Gasteiger partial charge in [-0.3, -0.25) is 9.80 Å². The summed E-state index contributed by atoms with van der Waals surface area (Å²) in [7, 11) is 2.21. The summed E-state index contributed by atoms with van der Waals surface area (Å²) in [5.41, 5.74) is 5.24. The molecule has 0 saturated heterocycles. The van der Waals surface area contributed by atoms with E-state index in [0.29, 0.717) is 0 Å². The summed E-state index contributed by atoms with van der Waals surface area (Å²) in [5.74, 6) is 8.60. The molecule has 5 rings (SSSR count). The number of hydrogen-bond donors (Lipinski definition) is 0. The van der Waals surface area contributed by atoms with Crippen LogP contribution in [0, 0.1) is 11.8 Å². The fourth-order valence-electron chi connectivity index (χ4n) is 4.64. The van der Waals surface area contributed by atoms with Gasteiger partial charge in [-0.2, -0.15) is 0 Å². The van der Waals surface area contributed by atoms with E-state index in [9.17, 15) is 0 Å². The van der Waals surface area contributed by atoms with Gasteiger partial charge in [-0.1, -0.05) is 60.4 Å². The van der Waals surface area contributed by atoms with E-state index in [-0.39, 0.29) is 0 Å². The highest BCUT2D eigenvalue weighted by molar-refractivity contribution is 5.57. The summed E-state index contributed by atoms with van der Waals surface area (Å²) in [4.78, 5) is 7.34. The fourth-order valence-corrected chi connectivity index (χ4v) is 4.64. The molecule has 0 saturated carbocycles. The van der Waals surface area contributed by atoms with Gasteiger partial charge in [0.25, 0.3) is 0 Å². The smallest absolute Gasteiger partial charge is 0.134 e. The molecule has 3 heterocycles. The maximum Gasteiger partial charge on any atom is 0.134 e. The summed E-state index contributed by atoms with van der Waals surface area (Å²) < 4.78 is 6.16. The lowest BCUT2D eigenvalue weighted by Gasteiger charge is -2.42. The van der Waals surface area contributed by atoms with Crippen molar-refractivity contribution in [3.63, 3.8) is 0 Å². The van der Waals surface area contributed by atoms with Gasteiger partial charge in [0, 0.05) is 49.9 Å². The topological polar surface area (TPSA) is 22.9 Å². The van der Waals surface area contributed by atoms with Gasteiger partial charge in [-0.05, 0) is 29.8 Å². The molecule has 4 nitrogen and oxygen atoms in total. The molecule has 4 heteroatoms. The Morgan fingerprint density at radius 3 is 2.44 bits per heavy atom. The molecular weight excluding hydrogens is 394 g/mol. The monoisotopic (exact) mass is 423 g/mol. The van der Waals surface area contributed by atoms with Crippen LogP contribution in [0.1, 0.15) is 17.7 Å². The van der Waals surface area contributed by atoms with Gasteiger partial charge in [-0.25, -0.2) is 0 Å². The molecule has 0 fully saturated rings. The molecule has 0 atom stereocenters. The zero-order chi connectivity index (χ0) is 21.8. The Morgan fingerprint density at radius 1 is 0.875 bits per heavy atom. The van der Waals surface area contributed by atoms with Gasteiger partial charge in [0.1, 0.15) is 11.5 Å². The van der Waals surface area contributed by atoms with Crippen LogP contribution < -0.4 is 0 Å². The van der Waals surface area contributed by atoms with Crippen LogP contribution in [0.5, 0.6) is 0 Å². The summed E-state index contributed by atoms with van der Waals surface area (Å²) in [6.45, 7) is 5.63. The highest BCUT2D eigenvalue weighted by Crippen LogP contribution is 2.28. The first kappa shape index (κ1) is 20.6. The van der Waals surface area contributed by atoms with Crippen molar-refractivity contribution in [3.8, 4) is 23.2 Å². The minimum atomic E-state index is 0.814. The molecule has 0 radical (unpaired) electrons. The van der Waals surface area contributed by atoms with Gasteiger partial charge in [-0.15, -0.1) is 0 Å². The normalized spacial score (nSPS) is 17.1. The van der Waals surface area contributed by atoms with Crippen molar-refractivity contribution in [2.24, 2.45) is 0 Å². The van der Waals surface area contributed by atoms with Crippen molar-refractivity contribution >= 4 is 0 Å². The van der Waals surface area contributed by atoms with Gasteiger partial charge >= 0.3 is 0 Å². The van der Waals surface area contributed by atoms with Crippen LogP contribution in [0.3, 0.4) is 0 Å². The molecular formula is C28H29N3O. The molecule has 3 aromatic rings. The molecule has 0 aliphatic carbocycles. The van der Waals surface area contributed by atoms with E-state index in [2.05, 4.69) is 70.0 Å². The third-order valence-corrected chi connectivity index (χ3v) is 6.18. The first-order valence-corrected chi connectivity index (χ1v) is 11.3. The second-order valence-corrected chi connectivity index (χ2v) is 8.64. The molecule has 0 spiro atoms. The number of benzene rings is 2. The second kappa shape index (κ2) is 9.48. The summed E-state index contributed by atoms with van der Waals surface area (Å²) in [6, 6.07) is 24.7. The van der Waals surface area contributed by atoms with Crippen LogP contribution in [0.4, 0.5) is 0 Å². The molecule has 32 heavy (non-hydrogen) atoms. The minimum absolute atomic E-state index is 0.814. The molecule has 0 N–H and O–H groups in total. The Morgan fingerprint density at radius 2 is 1.62 bits per heavy atom. The molecule has 0 unspecified atom stereocenters. The second-order valence-electron chi connectivity index (χ2n) is 8.64. The zero-order valence-corrected chi connectivity index (χ0v) is 18.6. The van der Waals surface area contributed by atoms with Crippen LogP contribution in [-0.4, -0.2) is 54.6 Å². The number of hydrogen-bond acceptors (Lipinski definition) is 4. The number of furan rings is 1. The van der Waals surface area contributed by atoms with Crippen molar-refractivity contribution < 1.29 is 4.42 Å². The average Bonchev–Trinajstić information content (AvgIpc) is 3.29. The Bertz CT molecular complexity index is 1140. The minimum Gasteiger partial charge on any atom is -0.460 e. The molecule has 0 amide bonds. The van der Waals surface area contributed by atoms with Crippen molar-refractivity contribution in [2.45, 2.75) is 13.0 Å². The van der Waals surface area contributed by atoms with Gasteiger partial charge in [0.2, 0.25) is 0 Å². The quantitative estimate of drug-likeness (QED) is 0.569. The van der Waals surface area contributed by atoms with E-state index in [1.165, 1.54) is 11.3 Å². The van der Waals surface area contributed by atoms with Crippen LogP contribution in [0.2, 0.25) is 0 Å². The van der Waals surface area contributed by atoms with E-state index in [4.69, 9.17) is 4.42 Å². The Hall–Kier alpha value is -3.26. The van der Waals surface area contributed by atoms with E-state index in [0.717, 1.165) is 68.5 Å². The Kier molecular flexibility index (Phi) is 6.11. The van der Waals surface area contributed by atoms with Crippen LogP contribution in [-0.2, 0) is 6.54 Å². The maximum absolute atomic E-state index is 6.16. The lowest BCUT2D eigenvalue weighted by molar-refractivity contribution is 0.130. The number of nitrogens with zero attached hydrogens (tertiary/aromatic N) is 3. The van der Waals surface area contributed by atoms with Crippen LogP contribution in [0.25, 0.3) is 11.3 Å². The summed E-state index contributed by atoms with van der Waals surface area (Å²) in [6.07, 6.45) is 1.10. The van der Waals surface area contributed by atoms with Crippen molar-refractivity contribution in [2.75, 3.05) is 39.9 Å². The predicted octanol–water partition coefficient (Wildman–Crippen LogP) is 4.66. The zero-order valence-electron chi connectivity index (χ0n) is 18.6. The van der Waals surface area contributed by atoms with Gasteiger partial charge < -0.3 is 9.32 Å². The van der Waals surface area contributed by atoms with E-state index < -0.39 is 0 Å². The van der Waals surface area contributed by atoms with Crippen molar-refractivity contribution in [3.05, 3.63) is 95.4 Å². The molecule has 162 valence electrons. The largest absolute Gasteiger partial charge is 0.460 e. The predicted molar refractivity (Wildman–Crippen MR) is 129 cm³/mol. The third-order valence-electron chi connectivity index (χ3n) is 6.18. The SMILES string of the molecule is CN1CN(Cc2ccc(-c3ccccc3)o2)CC2=C1CCN(CC#Cc1ccccc1)C2. The maximum atomic E-state index is 6.16. The standard InChI is InChI=1S/C28H29N3O/c1-29-22-31(21-26-14-15-28(32-26)24-12-6-3-7-13-24)20-25-19-30(18-16-27(25)29)17-8-11-23-9-4-2-5-10-23/h2-7,9-10,12-15H,16-22H2,1H3. The van der Waals surface area contributed by atoms with Gasteiger partial charge in [0.15, 0.2) is 0 Å². The van der Waals surface area contributed by atoms with E-state index >= 15 is 0 Å². The highest BCUT2D eigenvalue weighted by atomic mass is 16.3. The lowest BCUT2D eigenvalue weighted by atomic mass is 10.0. The van der Waals surface area contributed by atoms with E-state index in [1.807, 2.05) is 36.4 Å². The number of rotatable bonds is 4. The molecule has 2 aromatic carbocycles. The first-order valence-electron chi connectivity index (χ1n) is 11.3. The molecule has 1 aromatic heterocycles. The Balaban J connectivity index is 1.21. The van der Waals surface area contributed by atoms with Crippen LogP contribution in [0.15, 0.2) is 88.5 Å². The fraction of sp³-hybridized carbons (Fsp3) is 0.286. The summed E-state index contributed by atoms with van der Waals surface area (Å²) in [5, 5.41) is 0. The first-order chi connectivity index (χ1) is 15.7. The molecule has 2 aliphatic heterocycles. The summed E-state index contributed by atoms with van der Waals surface area (Å²) >= 11 is 0. The van der Waals surface area contributed by atoms with Gasteiger partial charge in [0.05, 0.1) is 19.8 Å². The average molecular weight is 424 g/mol. The lowest BCUT2D eigenvalue weighted by Crippen LogP contribution is -2.47. The highest BCUT2D eigenvalue weighted by Gasteiger charge is 2.27. The van der Waals surface area contributed by atoms with Crippen LogP contribution >= 0.6 is 0 Å². The third kappa shape index (κ3) is 4.80.